The topological polar surface area (TPSA) is 85.8 Å². The van der Waals surface area contributed by atoms with Gasteiger partial charge in [0.2, 0.25) is 11.1 Å². The van der Waals surface area contributed by atoms with Crippen LogP contribution in [0.3, 0.4) is 0 Å². The largest absolute Gasteiger partial charge is 0.336 e. The van der Waals surface area contributed by atoms with Crippen molar-refractivity contribution in [2.45, 2.75) is 18.5 Å². The molecule has 0 saturated carbocycles. The Morgan fingerprint density at radius 2 is 2.11 bits per heavy atom. The van der Waals surface area contributed by atoms with E-state index in [2.05, 4.69) is 15.5 Å². The van der Waals surface area contributed by atoms with Crippen molar-refractivity contribution in [2.75, 3.05) is 16.9 Å². The maximum Gasteiger partial charge on any atom is 0.234 e. The van der Waals surface area contributed by atoms with E-state index in [4.69, 9.17) is 5.84 Å². The fraction of sp³-hybridized carbons (Fsp3) is 0.250. The molecule has 0 aliphatic heterocycles. The molecular formula is C12H15N5OS. The van der Waals surface area contributed by atoms with Gasteiger partial charge in [0.05, 0.1) is 5.75 Å². The van der Waals surface area contributed by atoms with E-state index in [1.807, 2.05) is 37.3 Å². The van der Waals surface area contributed by atoms with Crippen LogP contribution in [-0.2, 0) is 11.2 Å². The number of hydrogen-bond acceptors (Lipinski definition) is 5. The molecule has 0 fully saturated rings. The predicted molar refractivity (Wildman–Crippen MR) is 75.3 cm³/mol. The highest BCUT2D eigenvalue weighted by Gasteiger charge is 2.10. The third-order valence-corrected chi connectivity index (χ3v) is 3.38. The van der Waals surface area contributed by atoms with Gasteiger partial charge in [-0.05, 0) is 12.1 Å². The Labute approximate surface area is 115 Å². The molecule has 100 valence electrons. The summed E-state index contributed by atoms with van der Waals surface area (Å²) in [4.78, 5) is 11.7. The molecule has 1 aromatic heterocycles. The summed E-state index contributed by atoms with van der Waals surface area (Å²) in [5.74, 6) is 6.64. The maximum atomic E-state index is 11.7. The van der Waals surface area contributed by atoms with E-state index in [1.165, 1.54) is 16.4 Å². The minimum Gasteiger partial charge on any atom is -0.336 e. The lowest BCUT2D eigenvalue weighted by molar-refractivity contribution is -0.113. The molecule has 0 aliphatic rings. The van der Waals surface area contributed by atoms with Crippen LogP contribution in [-0.4, -0.2) is 26.5 Å². The van der Waals surface area contributed by atoms with Gasteiger partial charge in [0.15, 0.2) is 5.82 Å². The Morgan fingerprint density at radius 1 is 1.37 bits per heavy atom. The number of anilines is 1. The van der Waals surface area contributed by atoms with Crippen LogP contribution in [0, 0.1) is 0 Å². The van der Waals surface area contributed by atoms with Gasteiger partial charge in [0.25, 0.3) is 0 Å². The Morgan fingerprint density at radius 3 is 2.74 bits per heavy atom. The summed E-state index contributed by atoms with van der Waals surface area (Å²) >= 11 is 1.26. The first-order valence-corrected chi connectivity index (χ1v) is 6.86. The van der Waals surface area contributed by atoms with Crippen molar-refractivity contribution in [3.05, 3.63) is 36.2 Å². The number of nitrogens with zero attached hydrogens (tertiary/aromatic N) is 3. The Hall–Kier alpha value is -2.02. The van der Waals surface area contributed by atoms with Gasteiger partial charge in [-0.25, -0.2) is 4.68 Å². The number of aryl methyl sites for hydroxylation is 1. The zero-order chi connectivity index (χ0) is 13.7. The first kappa shape index (κ1) is 13.4. The molecule has 2 aromatic rings. The third kappa shape index (κ3) is 3.47. The van der Waals surface area contributed by atoms with E-state index >= 15 is 0 Å². The summed E-state index contributed by atoms with van der Waals surface area (Å²) in [6, 6.07) is 9.31. The Balaban J connectivity index is 1.88. The molecule has 0 aliphatic carbocycles. The Kier molecular flexibility index (Phi) is 4.40. The van der Waals surface area contributed by atoms with Crippen molar-refractivity contribution in [1.82, 2.24) is 14.9 Å². The predicted octanol–water partition coefficient (Wildman–Crippen LogP) is 1.29. The lowest BCUT2D eigenvalue weighted by Crippen LogP contribution is -2.17. The molecule has 0 bridgehead atoms. The summed E-state index contributed by atoms with van der Waals surface area (Å²) in [5, 5.41) is 11.2. The second-order valence-corrected chi connectivity index (χ2v) is 4.77. The number of para-hydroxylation sites is 1. The van der Waals surface area contributed by atoms with E-state index in [1.54, 1.807) is 0 Å². The molecule has 2 rings (SSSR count). The van der Waals surface area contributed by atoms with Gasteiger partial charge in [-0.2, -0.15) is 0 Å². The molecule has 7 heteroatoms. The van der Waals surface area contributed by atoms with E-state index in [9.17, 15) is 4.79 Å². The molecular weight excluding hydrogens is 262 g/mol. The first-order valence-electron chi connectivity index (χ1n) is 5.87. The SMILES string of the molecule is CCc1nnc(SCC(=O)Nc2ccccc2)n1N. The van der Waals surface area contributed by atoms with E-state index in [-0.39, 0.29) is 11.7 Å². The van der Waals surface area contributed by atoms with Gasteiger partial charge in [-0.3, -0.25) is 4.79 Å². The number of carbonyl (C=O) groups excluding carboxylic acids is 1. The number of thioether (sulfide) groups is 1. The van der Waals surface area contributed by atoms with Gasteiger partial charge in [0.1, 0.15) is 0 Å². The van der Waals surface area contributed by atoms with Crippen molar-refractivity contribution in [1.29, 1.82) is 0 Å². The highest BCUT2D eigenvalue weighted by atomic mass is 32.2. The molecule has 0 radical (unpaired) electrons. The molecule has 1 heterocycles. The summed E-state index contributed by atoms with van der Waals surface area (Å²) in [7, 11) is 0. The van der Waals surface area contributed by atoms with Crippen molar-refractivity contribution in [3.8, 4) is 0 Å². The number of aromatic nitrogens is 3. The monoisotopic (exact) mass is 277 g/mol. The van der Waals surface area contributed by atoms with Gasteiger partial charge in [0, 0.05) is 12.1 Å². The van der Waals surface area contributed by atoms with E-state index < -0.39 is 0 Å². The fourth-order valence-electron chi connectivity index (χ4n) is 1.50. The fourth-order valence-corrected chi connectivity index (χ4v) is 2.17. The first-order chi connectivity index (χ1) is 9.20. The van der Waals surface area contributed by atoms with E-state index in [0.717, 1.165) is 5.69 Å². The van der Waals surface area contributed by atoms with Crippen LogP contribution >= 0.6 is 11.8 Å². The second-order valence-electron chi connectivity index (χ2n) is 3.83. The summed E-state index contributed by atoms with van der Waals surface area (Å²) in [6.07, 6.45) is 0.709. The van der Waals surface area contributed by atoms with Crippen LogP contribution in [0.4, 0.5) is 5.69 Å². The lowest BCUT2D eigenvalue weighted by Gasteiger charge is -2.04. The highest BCUT2D eigenvalue weighted by molar-refractivity contribution is 7.99. The number of benzene rings is 1. The molecule has 0 spiro atoms. The van der Waals surface area contributed by atoms with Crippen LogP contribution < -0.4 is 11.2 Å². The number of nitrogens with one attached hydrogen (secondary N) is 1. The van der Waals surface area contributed by atoms with Crippen molar-refractivity contribution in [3.63, 3.8) is 0 Å². The maximum absolute atomic E-state index is 11.7. The van der Waals surface area contributed by atoms with Crippen LogP contribution in [0.1, 0.15) is 12.7 Å². The smallest absolute Gasteiger partial charge is 0.234 e. The molecule has 0 atom stereocenters. The molecule has 1 aromatic carbocycles. The number of carbonyl (C=O) groups is 1. The third-order valence-electron chi connectivity index (χ3n) is 2.44. The number of nitrogen functional groups attached to an aromatic ring is 1. The average molecular weight is 277 g/mol. The minimum atomic E-state index is -0.0998. The standard InChI is InChI=1S/C12H15N5OS/c1-2-10-15-16-12(17(10)13)19-8-11(18)14-9-6-4-3-5-7-9/h3-7H,2,8,13H2,1H3,(H,14,18). The van der Waals surface area contributed by atoms with Crippen LogP contribution in [0.2, 0.25) is 0 Å². The van der Waals surface area contributed by atoms with Gasteiger partial charge >= 0.3 is 0 Å². The zero-order valence-electron chi connectivity index (χ0n) is 10.5. The average Bonchev–Trinajstić information content (AvgIpc) is 2.78. The van der Waals surface area contributed by atoms with Crippen LogP contribution in [0.15, 0.2) is 35.5 Å². The zero-order valence-corrected chi connectivity index (χ0v) is 11.4. The number of nitrogens with two attached hydrogens (primary N) is 1. The summed E-state index contributed by atoms with van der Waals surface area (Å²) in [6.45, 7) is 1.95. The lowest BCUT2D eigenvalue weighted by atomic mass is 10.3. The summed E-state index contributed by atoms with van der Waals surface area (Å²) < 4.78 is 1.42. The van der Waals surface area contributed by atoms with Crippen molar-refractivity contribution < 1.29 is 4.79 Å². The number of amides is 1. The molecule has 1 amide bonds. The minimum absolute atomic E-state index is 0.0998. The van der Waals surface area contributed by atoms with Gasteiger partial charge in [-0.1, -0.05) is 36.9 Å². The van der Waals surface area contributed by atoms with Crippen molar-refractivity contribution in [2.24, 2.45) is 0 Å². The van der Waals surface area contributed by atoms with Crippen LogP contribution in [0.5, 0.6) is 0 Å². The Bertz CT molecular complexity index is 555. The van der Waals surface area contributed by atoms with Crippen LogP contribution in [0.25, 0.3) is 0 Å². The molecule has 3 N–H and O–H groups in total. The van der Waals surface area contributed by atoms with Crippen molar-refractivity contribution >= 4 is 23.4 Å². The number of hydrogen-bond donors (Lipinski definition) is 2. The second kappa shape index (κ2) is 6.24. The van der Waals surface area contributed by atoms with E-state index in [0.29, 0.717) is 17.4 Å². The van der Waals surface area contributed by atoms with Gasteiger partial charge in [-0.15, -0.1) is 10.2 Å². The molecule has 0 saturated heterocycles. The summed E-state index contributed by atoms with van der Waals surface area (Å²) in [5.41, 5.74) is 0.775. The normalized spacial score (nSPS) is 10.4. The van der Waals surface area contributed by atoms with Gasteiger partial charge < -0.3 is 11.2 Å². The molecule has 19 heavy (non-hydrogen) atoms. The molecule has 0 unspecified atom stereocenters. The number of rotatable bonds is 5. The highest BCUT2D eigenvalue weighted by Crippen LogP contribution is 2.15. The quantitative estimate of drug-likeness (QED) is 0.635. The molecule has 6 nitrogen and oxygen atoms in total.